The van der Waals surface area contributed by atoms with Gasteiger partial charge in [0.25, 0.3) is 0 Å². The van der Waals surface area contributed by atoms with E-state index in [-0.39, 0.29) is 11.5 Å². The molecule has 1 saturated heterocycles. The Morgan fingerprint density at radius 2 is 2.05 bits per heavy atom. The van der Waals surface area contributed by atoms with Crippen molar-refractivity contribution in [3.05, 3.63) is 29.8 Å². The zero-order valence-corrected chi connectivity index (χ0v) is 11.1. The number of amides is 1. The van der Waals surface area contributed by atoms with Crippen molar-refractivity contribution in [3.63, 3.8) is 0 Å². The lowest BCUT2D eigenvalue weighted by molar-refractivity contribution is -0.128. The van der Waals surface area contributed by atoms with Gasteiger partial charge in [-0.05, 0) is 25.5 Å². The molecule has 1 heterocycles. The molecule has 5 heteroatoms. The quantitative estimate of drug-likeness (QED) is 0.862. The molecule has 1 atom stereocenters. The van der Waals surface area contributed by atoms with Crippen molar-refractivity contribution < 1.29 is 14.7 Å². The molecule has 1 amide bonds. The number of anilines is 1. The van der Waals surface area contributed by atoms with Crippen LogP contribution in [0.2, 0.25) is 0 Å². The fraction of sp³-hybridized carbons (Fsp3) is 0.429. The summed E-state index contributed by atoms with van der Waals surface area (Å²) in [5, 5.41) is 11.9. The largest absolute Gasteiger partial charge is 0.478 e. The van der Waals surface area contributed by atoms with E-state index >= 15 is 0 Å². The third-order valence-corrected chi connectivity index (χ3v) is 3.72. The first-order chi connectivity index (χ1) is 8.98. The molecule has 0 bridgehead atoms. The number of benzene rings is 1. The van der Waals surface area contributed by atoms with E-state index in [4.69, 9.17) is 0 Å². The van der Waals surface area contributed by atoms with E-state index in [9.17, 15) is 14.7 Å². The van der Waals surface area contributed by atoms with Crippen LogP contribution in [0.15, 0.2) is 24.3 Å². The van der Waals surface area contributed by atoms with Crippen molar-refractivity contribution in [3.8, 4) is 0 Å². The van der Waals surface area contributed by atoms with Gasteiger partial charge in [-0.3, -0.25) is 4.79 Å². The molecular weight excluding hydrogens is 244 g/mol. The van der Waals surface area contributed by atoms with E-state index in [1.807, 2.05) is 17.9 Å². The van der Waals surface area contributed by atoms with E-state index < -0.39 is 11.4 Å². The Hall–Kier alpha value is -2.04. The maximum absolute atomic E-state index is 11.9. The van der Waals surface area contributed by atoms with Gasteiger partial charge < -0.3 is 15.3 Å². The van der Waals surface area contributed by atoms with Gasteiger partial charge in [0.05, 0.1) is 16.7 Å². The van der Waals surface area contributed by atoms with Crippen LogP contribution in [0.4, 0.5) is 5.69 Å². The van der Waals surface area contributed by atoms with Gasteiger partial charge in [-0.25, -0.2) is 4.79 Å². The predicted molar refractivity (Wildman–Crippen MR) is 72.4 cm³/mol. The average Bonchev–Trinajstić information content (AvgIpc) is 2.81. The van der Waals surface area contributed by atoms with Gasteiger partial charge in [0.2, 0.25) is 5.91 Å². The van der Waals surface area contributed by atoms with Crippen molar-refractivity contribution in [1.82, 2.24) is 5.32 Å². The lowest BCUT2D eigenvalue weighted by Gasteiger charge is -2.24. The minimum Gasteiger partial charge on any atom is -0.478 e. The van der Waals surface area contributed by atoms with Crippen molar-refractivity contribution in [2.75, 3.05) is 25.0 Å². The van der Waals surface area contributed by atoms with Crippen LogP contribution >= 0.6 is 0 Å². The molecule has 2 N–H and O–H groups in total. The number of carbonyl (C=O) groups is 2. The standard InChI is InChI=1S/C14H18N2O3/c1-14(13(19)15-2)7-8-16(9-14)11-6-4-3-5-10(11)12(17)18/h3-6H,7-9H2,1-2H3,(H,15,19)(H,17,18). The average molecular weight is 262 g/mol. The molecular formula is C14H18N2O3. The van der Waals surface area contributed by atoms with Crippen LogP contribution in [-0.2, 0) is 4.79 Å². The summed E-state index contributed by atoms with van der Waals surface area (Å²) in [4.78, 5) is 25.1. The molecule has 1 unspecified atom stereocenters. The number of carboxylic acid groups (broad SMARTS) is 1. The van der Waals surface area contributed by atoms with Gasteiger partial charge >= 0.3 is 5.97 Å². The molecule has 0 saturated carbocycles. The Morgan fingerprint density at radius 1 is 1.37 bits per heavy atom. The minimum absolute atomic E-state index is 0.00260. The van der Waals surface area contributed by atoms with Crippen molar-refractivity contribution in [1.29, 1.82) is 0 Å². The number of aromatic carboxylic acids is 1. The minimum atomic E-state index is -0.941. The highest BCUT2D eigenvalue weighted by Crippen LogP contribution is 2.34. The van der Waals surface area contributed by atoms with E-state index in [0.29, 0.717) is 18.8 Å². The number of nitrogens with zero attached hydrogens (tertiary/aromatic N) is 1. The van der Waals surface area contributed by atoms with Gasteiger partial charge in [0.1, 0.15) is 0 Å². The normalized spacial score (nSPS) is 22.3. The van der Waals surface area contributed by atoms with E-state index in [2.05, 4.69) is 5.32 Å². The number of hydrogen-bond donors (Lipinski definition) is 2. The van der Waals surface area contributed by atoms with Gasteiger partial charge in [-0.1, -0.05) is 12.1 Å². The third kappa shape index (κ3) is 2.41. The Morgan fingerprint density at radius 3 is 2.68 bits per heavy atom. The summed E-state index contributed by atoms with van der Waals surface area (Å²) in [6.45, 7) is 3.14. The molecule has 1 aliphatic heterocycles. The zero-order chi connectivity index (χ0) is 14.0. The number of rotatable bonds is 3. The molecule has 1 aromatic rings. The first kappa shape index (κ1) is 13.4. The highest BCUT2D eigenvalue weighted by Gasteiger charge is 2.40. The van der Waals surface area contributed by atoms with E-state index in [1.54, 1.807) is 25.2 Å². The van der Waals surface area contributed by atoms with Crippen LogP contribution in [0, 0.1) is 5.41 Å². The van der Waals surface area contributed by atoms with Crippen LogP contribution in [0.1, 0.15) is 23.7 Å². The Balaban J connectivity index is 2.27. The molecule has 19 heavy (non-hydrogen) atoms. The first-order valence-electron chi connectivity index (χ1n) is 6.27. The first-order valence-corrected chi connectivity index (χ1v) is 6.27. The Bertz CT molecular complexity index is 515. The number of carbonyl (C=O) groups excluding carboxylic acids is 1. The smallest absolute Gasteiger partial charge is 0.337 e. The Labute approximate surface area is 112 Å². The molecule has 2 rings (SSSR count). The second-order valence-electron chi connectivity index (χ2n) is 5.13. The second-order valence-corrected chi connectivity index (χ2v) is 5.13. The summed E-state index contributed by atoms with van der Waals surface area (Å²) in [6.07, 6.45) is 0.723. The SMILES string of the molecule is CNC(=O)C1(C)CCN(c2ccccc2C(=O)O)C1. The molecule has 0 radical (unpaired) electrons. The molecule has 0 spiro atoms. The topological polar surface area (TPSA) is 69.6 Å². The van der Waals surface area contributed by atoms with Gasteiger partial charge in [-0.2, -0.15) is 0 Å². The van der Waals surface area contributed by atoms with Crippen molar-refractivity contribution in [2.45, 2.75) is 13.3 Å². The van der Waals surface area contributed by atoms with Crippen LogP contribution in [-0.4, -0.2) is 37.1 Å². The lowest BCUT2D eigenvalue weighted by atomic mass is 9.89. The van der Waals surface area contributed by atoms with Gasteiger partial charge in [0.15, 0.2) is 0 Å². The number of para-hydroxylation sites is 1. The second kappa shape index (κ2) is 4.91. The summed E-state index contributed by atoms with van der Waals surface area (Å²) >= 11 is 0. The highest BCUT2D eigenvalue weighted by molar-refractivity contribution is 5.95. The van der Waals surface area contributed by atoms with E-state index in [0.717, 1.165) is 6.42 Å². The molecule has 0 aliphatic carbocycles. The van der Waals surface area contributed by atoms with Crippen molar-refractivity contribution in [2.24, 2.45) is 5.41 Å². The number of hydrogen-bond acceptors (Lipinski definition) is 3. The lowest BCUT2D eigenvalue weighted by Crippen LogP contribution is -2.39. The Kier molecular flexibility index (Phi) is 3.46. The molecule has 0 aromatic heterocycles. The summed E-state index contributed by atoms with van der Waals surface area (Å²) in [5.41, 5.74) is 0.506. The monoisotopic (exact) mass is 262 g/mol. The fourth-order valence-electron chi connectivity index (χ4n) is 2.58. The van der Waals surface area contributed by atoms with Crippen LogP contribution in [0.5, 0.6) is 0 Å². The fourth-order valence-corrected chi connectivity index (χ4v) is 2.58. The third-order valence-electron chi connectivity index (χ3n) is 3.72. The zero-order valence-electron chi connectivity index (χ0n) is 11.1. The maximum Gasteiger partial charge on any atom is 0.337 e. The van der Waals surface area contributed by atoms with Crippen LogP contribution in [0.3, 0.4) is 0 Å². The molecule has 1 fully saturated rings. The van der Waals surface area contributed by atoms with E-state index in [1.165, 1.54) is 0 Å². The summed E-state index contributed by atoms with van der Waals surface area (Å²) in [7, 11) is 1.63. The summed E-state index contributed by atoms with van der Waals surface area (Å²) < 4.78 is 0. The van der Waals surface area contributed by atoms with Crippen molar-refractivity contribution >= 4 is 17.6 Å². The molecule has 1 aromatic carbocycles. The maximum atomic E-state index is 11.9. The summed E-state index contributed by atoms with van der Waals surface area (Å²) in [6, 6.07) is 6.91. The van der Waals surface area contributed by atoms with Crippen LogP contribution < -0.4 is 10.2 Å². The molecule has 1 aliphatic rings. The highest BCUT2D eigenvalue weighted by atomic mass is 16.4. The number of nitrogens with one attached hydrogen (secondary N) is 1. The van der Waals surface area contributed by atoms with Gasteiger partial charge in [0, 0.05) is 20.1 Å². The van der Waals surface area contributed by atoms with Gasteiger partial charge in [-0.15, -0.1) is 0 Å². The summed E-state index contributed by atoms with van der Waals surface area (Å²) in [5.74, 6) is -0.938. The molecule has 102 valence electrons. The number of carboxylic acids is 1. The van der Waals surface area contributed by atoms with Crippen LogP contribution in [0.25, 0.3) is 0 Å². The molecule has 5 nitrogen and oxygen atoms in total. The predicted octanol–water partition coefficient (Wildman–Crippen LogP) is 1.35.